The molecule has 0 amide bonds. The van der Waals surface area contributed by atoms with Crippen LogP contribution in [0.15, 0.2) is 36.4 Å². The standard InChI is InChI=1S/C17H16Cl2O/c18-15-6-7-16(19)14(9-15)10-17(20)13-5-4-11-2-1-3-12(11)8-13/h4-9,17,20H,1-3,10H2. The van der Waals surface area contributed by atoms with E-state index in [1.165, 1.54) is 17.5 Å². The molecule has 2 aromatic carbocycles. The fraction of sp³-hybridized carbons (Fsp3) is 0.294. The van der Waals surface area contributed by atoms with Gasteiger partial charge in [0, 0.05) is 16.5 Å². The number of halogens is 2. The number of fused-ring (bicyclic) bond motifs is 1. The highest BCUT2D eigenvalue weighted by Gasteiger charge is 2.16. The van der Waals surface area contributed by atoms with E-state index in [2.05, 4.69) is 12.1 Å². The lowest BCUT2D eigenvalue weighted by molar-refractivity contribution is 0.178. The van der Waals surface area contributed by atoms with E-state index in [4.69, 9.17) is 23.2 Å². The minimum absolute atomic E-state index is 0.484. The molecule has 3 heteroatoms. The van der Waals surface area contributed by atoms with Crippen molar-refractivity contribution in [3.8, 4) is 0 Å². The van der Waals surface area contributed by atoms with Crippen molar-refractivity contribution < 1.29 is 5.11 Å². The molecule has 1 aliphatic rings. The second-order valence-electron chi connectivity index (χ2n) is 5.34. The molecule has 20 heavy (non-hydrogen) atoms. The third kappa shape index (κ3) is 2.85. The summed E-state index contributed by atoms with van der Waals surface area (Å²) in [5.41, 5.74) is 4.63. The van der Waals surface area contributed by atoms with Crippen molar-refractivity contribution in [3.05, 3.63) is 68.7 Å². The van der Waals surface area contributed by atoms with Crippen LogP contribution < -0.4 is 0 Å². The van der Waals surface area contributed by atoms with E-state index in [0.717, 1.165) is 24.0 Å². The highest BCUT2D eigenvalue weighted by atomic mass is 35.5. The molecule has 1 unspecified atom stereocenters. The third-order valence-electron chi connectivity index (χ3n) is 3.93. The van der Waals surface area contributed by atoms with Gasteiger partial charge in [-0.2, -0.15) is 0 Å². The molecule has 2 aromatic rings. The van der Waals surface area contributed by atoms with Crippen molar-refractivity contribution in [3.63, 3.8) is 0 Å². The zero-order valence-electron chi connectivity index (χ0n) is 11.1. The smallest absolute Gasteiger partial charge is 0.0831 e. The van der Waals surface area contributed by atoms with Crippen LogP contribution in [0.4, 0.5) is 0 Å². The van der Waals surface area contributed by atoms with Crippen molar-refractivity contribution in [2.24, 2.45) is 0 Å². The largest absolute Gasteiger partial charge is 0.388 e. The second-order valence-corrected chi connectivity index (χ2v) is 6.18. The third-order valence-corrected chi connectivity index (χ3v) is 4.53. The van der Waals surface area contributed by atoms with Gasteiger partial charge in [-0.05, 0) is 59.7 Å². The van der Waals surface area contributed by atoms with E-state index in [1.807, 2.05) is 12.1 Å². The average Bonchev–Trinajstić information content (AvgIpc) is 2.90. The number of aliphatic hydroxyl groups excluding tert-OH is 1. The van der Waals surface area contributed by atoms with E-state index < -0.39 is 6.10 Å². The molecule has 1 nitrogen and oxygen atoms in total. The van der Waals surface area contributed by atoms with Gasteiger partial charge in [0.05, 0.1) is 6.10 Å². The molecule has 1 aliphatic carbocycles. The van der Waals surface area contributed by atoms with Crippen LogP contribution in [0.3, 0.4) is 0 Å². The monoisotopic (exact) mass is 306 g/mol. The Labute approximate surface area is 129 Å². The van der Waals surface area contributed by atoms with Crippen LogP contribution in [0.2, 0.25) is 10.0 Å². The van der Waals surface area contributed by atoms with Crippen molar-refractivity contribution in [2.45, 2.75) is 31.8 Å². The maximum absolute atomic E-state index is 10.4. The van der Waals surface area contributed by atoms with E-state index in [9.17, 15) is 5.11 Å². The van der Waals surface area contributed by atoms with Gasteiger partial charge in [-0.15, -0.1) is 0 Å². The van der Waals surface area contributed by atoms with Gasteiger partial charge in [-0.3, -0.25) is 0 Å². The highest BCUT2D eigenvalue weighted by Crippen LogP contribution is 2.29. The second kappa shape index (κ2) is 5.77. The Morgan fingerprint density at radius 3 is 2.65 bits per heavy atom. The first-order valence-corrected chi connectivity index (χ1v) is 7.63. The number of benzene rings is 2. The molecule has 0 radical (unpaired) electrons. The minimum Gasteiger partial charge on any atom is -0.388 e. The van der Waals surface area contributed by atoms with Gasteiger partial charge >= 0.3 is 0 Å². The van der Waals surface area contributed by atoms with Crippen LogP contribution in [0.1, 0.15) is 34.8 Å². The topological polar surface area (TPSA) is 20.2 Å². The summed E-state index contributed by atoms with van der Waals surface area (Å²) in [4.78, 5) is 0. The predicted molar refractivity (Wildman–Crippen MR) is 83.6 cm³/mol. The molecular weight excluding hydrogens is 291 g/mol. The highest BCUT2D eigenvalue weighted by molar-refractivity contribution is 6.33. The van der Waals surface area contributed by atoms with Gasteiger partial charge in [0.25, 0.3) is 0 Å². The molecule has 3 rings (SSSR count). The zero-order chi connectivity index (χ0) is 14.1. The van der Waals surface area contributed by atoms with Crippen molar-refractivity contribution in [2.75, 3.05) is 0 Å². The maximum Gasteiger partial charge on any atom is 0.0831 e. The van der Waals surface area contributed by atoms with Crippen LogP contribution in [0, 0.1) is 0 Å². The van der Waals surface area contributed by atoms with Gasteiger partial charge in [0.2, 0.25) is 0 Å². The van der Waals surface area contributed by atoms with E-state index in [0.29, 0.717) is 16.5 Å². The molecule has 104 valence electrons. The van der Waals surface area contributed by atoms with Gasteiger partial charge in [0.1, 0.15) is 0 Å². The van der Waals surface area contributed by atoms with Gasteiger partial charge in [0.15, 0.2) is 0 Å². The summed E-state index contributed by atoms with van der Waals surface area (Å²) in [5, 5.41) is 11.7. The van der Waals surface area contributed by atoms with Gasteiger partial charge < -0.3 is 5.11 Å². The number of aryl methyl sites for hydroxylation is 2. The molecule has 1 atom stereocenters. The summed E-state index contributed by atoms with van der Waals surface area (Å²) >= 11 is 12.1. The first-order valence-electron chi connectivity index (χ1n) is 6.87. The van der Waals surface area contributed by atoms with Crippen LogP contribution >= 0.6 is 23.2 Å². The van der Waals surface area contributed by atoms with Crippen LogP contribution in [-0.4, -0.2) is 5.11 Å². The molecule has 0 heterocycles. The first kappa shape index (κ1) is 13.9. The van der Waals surface area contributed by atoms with E-state index >= 15 is 0 Å². The SMILES string of the molecule is OC(Cc1cc(Cl)ccc1Cl)c1ccc2c(c1)CCC2. The Morgan fingerprint density at radius 2 is 1.80 bits per heavy atom. The molecule has 0 spiro atoms. The Bertz CT molecular complexity index is 637. The van der Waals surface area contributed by atoms with Gasteiger partial charge in [-0.25, -0.2) is 0 Å². The minimum atomic E-state index is -0.545. The Hall–Kier alpha value is -1.02. The van der Waals surface area contributed by atoms with Crippen LogP contribution in [0.5, 0.6) is 0 Å². The summed E-state index contributed by atoms with van der Waals surface area (Å²) in [7, 11) is 0. The fourth-order valence-corrected chi connectivity index (χ4v) is 3.21. The quantitative estimate of drug-likeness (QED) is 0.867. The molecule has 0 bridgehead atoms. The maximum atomic E-state index is 10.4. The van der Waals surface area contributed by atoms with Crippen LogP contribution in [-0.2, 0) is 19.3 Å². The van der Waals surface area contributed by atoms with E-state index in [1.54, 1.807) is 12.1 Å². The summed E-state index contributed by atoms with van der Waals surface area (Å²) in [6, 6.07) is 11.6. The predicted octanol–water partition coefficient (Wildman–Crippen LogP) is 4.76. The summed E-state index contributed by atoms with van der Waals surface area (Å²) in [5.74, 6) is 0. The summed E-state index contributed by atoms with van der Waals surface area (Å²) in [6.45, 7) is 0. The molecular formula is C17H16Cl2O. The lowest BCUT2D eigenvalue weighted by Crippen LogP contribution is -2.03. The number of hydrogen-bond donors (Lipinski definition) is 1. The van der Waals surface area contributed by atoms with E-state index in [-0.39, 0.29) is 0 Å². The average molecular weight is 307 g/mol. The Balaban J connectivity index is 1.82. The molecule has 0 aromatic heterocycles. The van der Waals surface area contributed by atoms with Crippen molar-refractivity contribution in [1.29, 1.82) is 0 Å². The number of rotatable bonds is 3. The Kier molecular flexibility index (Phi) is 4.02. The van der Waals surface area contributed by atoms with Crippen molar-refractivity contribution in [1.82, 2.24) is 0 Å². The molecule has 0 aliphatic heterocycles. The van der Waals surface area contributed by atoms with Crippen molar-refractivity contribution >= 4 is 23.2 Å². The zero-order valence-corrected chi connectivity index (χ0v) is 12.6. The molecule has 0 fully saturated rings. The van der Waals surface area contributed by atoms with Crippen LogP contribution in [0.25, 0.3) is 0 Å². The number of hydrogen-bond acceptors (Lipinski definition) is 1. The van der Waals surface area contributed by atoms with Gasteiger partial charge in [-0.1, -0.05) is 41.4 Å². The molecule has 1 N–H and O–H groups in total. The summed E-state index contributed by atoms with van der Waals surface area (Å²) in [6.07, 6.45) is 3.43. The molecule has 0 saturated heterocycles. The fourth-order valence-electron chi connectivity index (χ4n) is 2.82. The Morgan fingerprint density at radius 1 is 1.00 bits per heavy atom. The number of aliphatic hydroxyl groups is 1. The summed E-state index contributed by atoms with van der Waals surface area (Å²) < 4.78 is 0. The lowest BCUT2D eigenvalue weighted by atomic mass is 9.98. The lowest BCUT2D eigenvalue weighted by Gasteiger charge is -2.14. The molecule has 0 saturated carbocycles. The normalized spacial score (nSPS) is 15.2. The first-order chi connectivity index (χ1) is 9.63.